The van der Waals surface area contributed by atoms with Crippen LogP contribution in [0.4, 0.5) is 0 Å². The number of hydrogen-bond donors (Lipinski definition) is 4. The second-order valence-electron chi connectivity index (χ2n) is 10.7. The van der Waals surface area contributed by atoms with Crippen molar-refractivity contribution < 1.29 is 34.1 Å². The maximum atomic E-state index is 12.5. The van der Waals surface area contributed by atoms with Crippen LogP contribution in [0.5, 0.6) is 0 Å². The fraction of sp³-hybridized carbons (Fsp3) is 0.867. The van der Waals surface area contributed by atoms with Gasteiger partial charge in [0.25, 0.3) is 0 Å². The van der Waals surface area contributed by atoms with Crippen molar-refractivity contribution in [2.45, 2.75) is 167 Å². The standard InChI is InChI=1S/C30H56N2O7/c1-3-5-7-9-11-13-15-17-19-21-25(23-27(33)32-31-26(30(37)38)24-28(34)35)39-29(36)22-20-18-16-14-12-10-8-6-4-2/h25-26,31H,3-24H2,1-2H3,(H,32,33)(H,34,35)(H,37,38)/t25-,26+/m0/s1. The number of carboxylic acid groups (broad SMARTS) is 2. The first-order valence-electron chi connectivity index (χ1n) is 15.5. The number of carboxylic acids is 2. The van der Waals surface area contributed by atoms with E-state index in [0.29, 0.717) is 12.8 Å². The molecular weight excluding hydrogens is 500 g/mol. The van der Waals surface area contributed by atoms with Gasteiger partial charge in [0.2, 0.25) is 5.91 Å². The van der Waals surface area contributed by atoms with Gasteiger partial charge in [-0.3, -0.25) is 24.6 Å². The smallest absolute Gasteiger partial charge is 0.323 e. The fourth-order valence-corrected chi connectivity index (χ4v) is 4.51. The molecule has 0 aromatic carbocycles. The van der Waals surface area contributed by atoms with Crippen LogP contribution in [0, 0.1) is 0 Å². The maximum absolute atomic E-state index is 12.5. The van der Waals surface area contributed by atoms with E-state index in [0.717, 1.165) is 38.5 Å². The molecule has 0 bridgehead atoms. The number of unbranched alkanes of at least 4 members (excludes halogenated alkanes) is 16. The van der Waals surface area contributed by atoms with Gasteiger partial charge >= 0.3 is 17.9 Å². The largest absolute Gasteiger partial charge is 0.481 e. The lowest BCUT2D eigenvalue weighted by Crippen LogP contribution is -2.49. The number of ether oxygens (including phenoxy) is 1. The summed E-state index contributed by atoms with van der Waals surface area (Å²) in [6.45, 7) is 4.41. The van der Waals surface area contributed by atoms with E-state index in [9.17, 15) is 19.2 Å². The predicted molar refractivity (Wildman–Crippen MR) is 153 cm³/mol. The second-order valence-corrected chi connectivity index (χ2v) is 10.7. The Morgan fingerprint density at radius 1 is 0.641 bits per heavy atom. The van der Waals surface area contributed by atoms with Gasteiger partial charge in [0.05, 0.1) is 12.8 Å². The first-order valence-corrected chi connectivity index (χ1v) is 15.5. The van der Waals surface area contributed by atoms with Crippen LogP contribution in [0.1, 0.15) is 155 Å². The third kappa shape index (κ3) is 24.6. The predicted octanol–water partition coefficient (Wildman–Crippen LogP) is 6.68. The van der Waals surface area contributed by atoms with Crippen molar-refractivity contribution in [2.75, 3.05) is 0 Å². The average Bonchev–Trinajstić information content (AvgIpc) is 2.88. The Bertz CT molecular complexity index is 657. The molecule has 0 saturated carbocycles. The summed E-state index contributed by atoms with van der Waals surface area (Å²) in [6.07, 6.45) is 20.3. The molecule has 0 aliphatic rings. The number of esters is 1. The highest BCUT2D eigenvalue weighted by molar-refractivity contribution is 5.82. The van der Waals surface area contributed by atoms with Crippen LogP contribution < -0.4 is 10.9 Å². The zero-order valence-corrected chi connectivity index (χ0v) is 24.6. The lowest BCUT2D eigenvalue weighted by molar-refractivity contribution is -0.151. The van der Waals surface area contributed by atoms with E-state index in [-0.39, 0.29) is 12.4 Å². The number of amides is 1. The number of hydrazine groups is 1. The molecule has 0 aromatic rings. The van der Waals surface area contributed by atoms with E-state index in [2.05, 4.69) is 24.7 Å². The molecule has 2 atom stereocenters. The van der Waals surface area contributed by atoms with Crippen LogP contribution in [0.2, 0.25) is 0 Å². The molecule has 0 rings (SSSR count). The van der Waals surface area contributed by atoms with Crippen LogP contribution in [-0.2, 0) is 23.9 Å². The summed E-state index contributed by atoms with van der Waals surface area (Å²) >= 11 is 0. The van der Waals surface area contributed by atoms with E-state index in [1.165, 1.54) is 77.0 Å². The third-order valence-corrected chi connectivity index (χ3v) is 6.89. The molecule has 9 nitrogen and oxygen atoms in total. The molecule has 0 spiro atoms. The molecule has 0 saturated heterocycles. The summed E-state index contributed by atoms with van der Waals surface area (Å²) in [6, 6.07) is -1.45. The van der Waals surface area contributed by atoms with Crippen LogP contribution >= 0.6 is 0 Å². The highest BCUT2D eigenvalue weighted by Crippen LogP contribution is 2.16. The minimum Gasteiger partial charge on any atom is -0.481 e. The highest BCUT2D eigenvalue weighted by atomic mass is 16.5. The van der Waals surface area contributed by atoms with Gasteiger partial charge < -0.3 is 14.9 Å². The highest BCUT2D eigenvalue weighted by Gasteiger charge is 2.23. The Labute approximate surface area is 236 Å². The molecule has 0 aromatic heterocycles. The average molecular weight is 557 g/mol. The normalized spacial score (nSPS) is 12.6. The molecular formula is C30H56N2O7. The third-order valence-electron chi connectivity index (χ3n) is 6.89. The van der Waals surface area contributed by atoms with Gasteiger partial charge in [0.15, 0.2) is 0 Å². The first kappa shape index (κ1) is 36.8. The monoisotopic (exact) mass is 556 g/mol. The minimum absolute atomic E-state index is 0.104. The molecule has 228 valence electrons. The Morgan fingerprint density at radius 2 is 1.10 bits per heavy atom. The first-order chi connectivity index (χ1) is 18.8. The molecule has 1 amide bonds. The maximum Gasteiger partial charge on any atom is 0.323 e. The molecule has 0 aliphatic carbocycles. The van der Waals surface area contributed by atoms with Gasteiger partial charge in [-0.25, -0.2) is 5.43 Å². The number of aliphatic carboxylic acids is 2. The van der Waals surface area contributed by atoms with E-state index < -0.39 is 36.4 Å². The SMILES string of the molecule is CCCCCCCCCCCC(=O)O[C@@H](CCCCCCCCCCC)CC(=O)NN[C@H](CC(=O)O)C(=O)O. The van der Waals surface area contributed by atoms with Crippen LogP contribution in [0.15, 0.2) is 0 Å². The second kappa shape index (κ2) is 26.1. The summed E-state index contributed by atoms with van der Waals surface area (Å²) in [5.74, 6) is -3.52. The van der Waals surface area contributed by atoms with Crippen molar-refractivity contribution in [2.24, 2.45) is 0 Å². The van der Waals surface area contributed by atoms with Gasteiger partial charge in [0.1, 0.15) is 12.1 Å². The lowest BCUT2D eigenvalue weighted by Gasteiger charge is -2.19. The summed E-state index contributed by atoms with van der Waals surface area (Å²) in [5, 5.41) is 18.0. The topological polar surface area (TPSA) is 142 Å². The molecule has 4 N–H and O–H groups in total. The quantitative estimate of drug-likeness (QED) is 0.0475. The Hall–Kier alpha value is -2.16. The minimum atomic E-state index is -1.45. The van der Waals surface area contributed by atoms with E-state index in [4.69, 9.17) is 14.9 Å². The zero-order chi connectivity index (χ0) is 29.1. The number of carbonyl (C=O) groups is 4. The molecule has 0 radical (unpaired) electrons. The molecule has 9 heteroatoms. The summed E-state index contributed by atoms with van der Waals surface area (Å²) < 4.78 is 5.65. The number of carbonyl (C=O) groups excluding carboxylic acids is 2. The van der Waals surface area contributed by atoms with Crippen molar-refractivity contribution in [3.63, 3.8) is 0 Å². The van der Waals surface area contributed by atoms with Gasteiger partial charge in [-0.2, -0.15) is 0 Å². The molecule has 39 heavy (non-hydrogen) atoms. The number of hydrogen-bond acceptors (Lipinski definition) is 6. The Balaban J connectivity index is 4.50. The Kier molecular flexibility index (Phi) is 24.6. The summed E-state index contributed by atoms with van der Waals surface area (Å²) in [7, 11) is 0. The van der Waals surface area contributed by atoms with Gasteiger partial charge in [-0.1, -0.05) is 117 Å². The van der Waals surface area contributed by atoms with Crippen LogP contribution in [0.3, 0.4) is 0 Å². The molecule has 0 aliphatic heterocycles. The zero-order valence-electron chi connectivity index (χ0n) is 24.6. The van der Waals surface area contributed by atoms with Crippen molar-refractivity contribution in [1.82, 2.24) is 10.9 Å². The van der Waals surface area contributed by atoms with Gasteiger partial charge in [-0.05, 0) is 19.3 Å². The van der Waals surface area contributed by atoms with Gasteiger partial charge in [-0.15, -0.1) is 0 Å². The van der Waals surface area contributed by atoms with Crippen molar-refractivity contribution in [3.05, 3.63) is 0 Å². The van der Waals surface area contributed by atoms with E-state index in [1.54, 1.807) is 0 Å². The van der Waals surface area contributed by atoms with E-state index in [1.807, 2.05) is 0 Å². The lowest BCUT2D eigenvalue weighted by atomic mass is 10.0. The Morgan fingerprint density at radius 3 is 1.56 bits per heavy atom. The van der Waals surface area contributed by atoms with Crippen molar-refractivity contribution >= 4 is 23.8 Å². The summed E-state index contributed by atoms with van der Waals surface area (Å²) in [4.78, 5) is 46.9. The molecule has 0 unspecified atom stereocenters. The fourth-order valence-electron chi connectivity index (χ4n) is 4.51. The van der Waals surface area contributed by atoms with E-state index >= 15 is 0 Å². The van der Waals surface area contributed by atoms with Crippen molar-refractivity contribution in [3.8, 4) is 0 Å². The number of nitrogens with one attached hydrogen (secondary N) is 2. The molecule has 0 fully saturated rings. The molecule has 0 heterocycles. The van der Waals surface area contributed by atoms with Crippen molar-refractivity contribution in [1.29, 1.82) is 0 Å². The number of rotatable bonds is 28. The van der Waals surface area contributed by atoms with Crippen LogP contribution in [-0.4, -0.2) is 46.2 Å². The summed E-state index contributed by atoms with van der Waals surface area (Å²) in [5.41, 5.74) is 4.53. The van der Waals surface area contributed by atoms with Crippen LogP contribution in [0.25, 0.3) is 0 Å². The van der Waals surface area contributed by atoms with Gasteiger partial charge in [0, 0.05) is 6.42 Å².